The summed E-state index contributed by atoms with van der Waals surface area (Å²) in [7, 11) is -2.04. The van der Waals surface area contributed by atoms with Crippen molar-refractivity contribution >= 4 is 28.1 Å². The Bertz CT molecular complexity index is 1370. The van der Waals surface area contributed by atoms with Crippen molar-refractivity contribution in [1.82, 2.24) is 19.3 Å². The molecule has 10 heteroatoms. The van der Waals surface area contributed by atoms with E-state index in [4.69, 9.17) is 9.26 Å². The number of amides is 1. The molecule has 1 amide bonds. The predicted molar refractivity (Wildman–Crippen MR) is 139 cm³/mol. The van der Waals surface area contributed by atoms with E-state index in [1.54, 1.807) is 37.5 Å². The van der Waals surface area contributed by atoms with Crippen LogP contribution in [0, 0.1) is 5.92 Å². The van der Waals surface area contributed by atoms with Crippen LogP contribution in [0.25, 0.3) is 23.5 Å². The van der Waals surface area contributed by atoms with E-state index in [1.807, 2.05) is 35.2 Å². The first-order valence-corrected chi connectivity index (χ1v) is 13.9. The fraction of sp³-hybridized carbons (Fsp3) is 0.370. The topological polar surface area (TPSA) is 106 Å². The molecule has 0 spiro atoms. The molecule has 37 heavy (non-hydrogen) atoms. The molecule has 2 aromatic carbocycles. The van der Waals surface area contributed by atoms with Gasteiger partial charge < -0.3 is 14.2 Å². The van der Waals surface area contributed by atoms with Crippen molar-refractivity contribution in [2.75, 3.05) is 33.3 Å². The number of nitrogens with zero attached hydrogens (tertiary/aromatic N) is 4. The van der Waals surface area contributed by atoms with Crippen LogP contribution < -0.4 is 4.74 Å². The highest BCUT2D eigenvalue weighted by Crippen LogP contribution is 2.28. The SMILES string of the molecule is COc1ccccc1/C=C/c1nc(-c2ccc(S(=O)(=O)N3CCC(C(=O)N4CCCC4)CC3)cc2)no1. The van der Waals surface area contributed by atoms with Gasteiger partial charge in [-0.25, -0.2) is 8.42 Å². The first-order chi connectivity index (χ1) is 18.0. The summed E-state index contributed by atoms with van der Waals surface area (Å²) in [5.74, 6) is 1.51. The maximum Gasteiger partial charge on any atom is 0.250 e. The highest BCUT2D eigenvalue weighted by molar-refractivity contribution is 7.89. The molecule has 2 fully saturated rings. The lowest BCUT2D eigenvalue weighted by atomic mass is 9.97. The number of benzene rings is 2. The van der Waals surface area contributed by atoms with E-state index in [0.717, 1.165) is 37.2 Å². The number of likely N-dealkylation sites (tertiary alicyclic amines) is 1. The van der Waals surface area contributed by atoms with Crippen LogP contribution in [0.3, 0.4) is 0 Å². The monoisotopic (exact) mass is 522 g/mol. The zero-order chi connectivity index (χ0) is 25.8. The zero-order valence-electron chi connectivity index (χ0n) is 20.7. The van der Waals surface area contributed by atoms with Crippen LogP contribution >= 0.6 is 0 Å². The maximum atomic E-state index is 13.2. The summed E-state index contributed by atoms with van der Waals surface area (Å²) in [6, 6.07) is 14.1. The number of hydrogen-bond acceptors (Lipinski definition) is 7. The Balaban J connectivity index is 1.22. The van der Waals surface area contributed by atoms with Crippen molar-refractivity contribution < 1.29 is 22.5 Å². The van der Waals surface area contributed by atoms with Gasteiger partial charge in [-0.15, -0.1) is 0 Å². The Hall–Kier alpha value is -3.50. The van der Waals surface area contributed by atoms with Gasteiger partial charge in [0, 0.05) is 49.3 Å². The minimum Gasteiger partial charge on any atom is -0.496 e. The fourth-order valence-corrected chi connectivity index (χ4v) is 6.32. The number of ether oxygens (including phenoxy) is 1. The molecule has 3 heterocycles. The number of methoxy groups -OCH3 is 1. The van der Waals surface area contributed by atoms with Gasteiger partial charge in [0.05, 0.1) is 12.0 Å². The van der Waals surface area contributed by atoms with Crippen LogP contribution in [-0.4, -0.2) is 67.0 Å². The normalized spacial score (nSPS) is 17.5. The van der Waals surface area contributed by atoms with Gasteiger partial charge in [-0.05, 0) is 62.1 Å². The fourth-order valence-electron chi connectivity index (χ4n) is 4.85. The number of sulfonamides is 1. The van der Waals surface area contributed by atoms with Crippen LogP contribution in [0.5, 0.6) is 5.75 Å². The number of rotatable bonds is 7. The quantitative estimate of drug-likeness (QED) is 0.463. The zero-order valence-corrected chi connectivity index (χ0v) is 21.6. The molecule has 1 aromatic heterocycles. The Morgan fingerprint density at radius 1 is 1.00 bits per heavy atom. The Kier molecular flexibility index (Phi) is 7.38. The van der Waals surface area contributed by atoms with Gasteiger partial charge in [0.1, 0.15) is 5.75 Å². The summed E-state index contributed by atoms with van der Waals surface area (Å²) in [5, 5.41) is 4.02. The van der Waals surface area contributed by atoms with E-state index < -0.39 is 10.0 Å². The van der Waals surface area contributed by atoms with E-state index in [2.05, 4.69) is 10.1 Å². The van der Waals surface area contributed by atoms with E-state index >= 15 is 0 Å². The lowest BCUT2D eigenvalue weighted by Gasteiger charge is -2.32. The number of piperidine rings is 1. The Morgan fingerprint density at radius 2 is 1.70 bits per heavy atom. The number of aromatic nitrogens is 2. The van der Waals surface area contributed by atoms with Crippen molar-refractivity contribution in [1.29, 1.82) is 0 Å². The average Bonchev–Trinajstić information content (AvgIpc) is 3.65. The maximum absolute atomic E-state index is 13.2. The van der Waals surface area contributed by atoms with E-state index in [-0.39, 0.29) is 16.7 Å². The first kappa shape index (κ1) is 25.2. The molecule has 0 radical (unpaired) electrons. The van der Waals surface area contributed by atoms with E-state index in [1.165, 1.54) is 4.31 Å². The van der Waals surface area contributed by atoms with Crippen molar-refractivity contribution in [3.63, 3.8) is 0 Å². The number of carbonyl (C=O) groups is 1. The van der Waals surface area contributed by atoms with Crippen LogP contribution in [0.1, 0.15) is 37.1 Å². The molecule has 0 N–H and O–H groups in total. The third kappa shape index (κ3) is 5.45. The smallest absolute Gasteiger partial charge is 0.250 e. The molecule has 0 aliphatic carbocycles. The van der Waals surface area contributed by atoms with Gasteiger partial charge in [0.15, 0.2) is 0 Å². The van der Waals surface area contributed by atoms with Crippen molar-refractivity contribution in [3.8, 4) is 17.1 Å². The summed E-state index contributed by atoms with van der Waals surface area (Å²) in [4.78, 5) is 19.2. The van der Waals surface area contributed by atoms with Crippen LogP contribution in [0.15, 0.2) is 57.9 Å². The summed E-state index contributed by atoms with van der Waals surface area (Å²) >= 11 is 0. The second kappa shape index (κ2) is 10.9. The van der Waals surface area contributed by atoms with Crippen molar-refractivity contribution in [3.05, 3.63) is 60.0 Å². The van der Waals surface area contributed by atoms with Gasteiger partial charge >= 0.3 is 0 Å². The standard InChI is InChI=1S/C27H30N4O5S/c1-35-24-7-3-2-6-20(24)10-13-25-28-26(29-36-25)21-8-11-23(12-9-21)37(33,34)31-18-14-22(15-19-31)27(32)30-16-4-5-17-30/h2-3,6-13,22H,4-5,14-19H2,1H3/b13-10+. The predicted octanol–water partition coefficient (Wildman–Crippen LogP) is 3.94. The Morgan fingerprint density at radius 3 is 2.41 bits per heavy atom. The Labute approximate surface area is 216 Å². The van der Waals surface area contributed by atoms with Crippen LogP contribution in [0.4, 0.5) is 0 Å². The second-order valence-corrected chi connectivity index (χ2v) is 11.2. The lowest BCUT2D eigenvalue weighted by molar-refractivity contribution is -0.135. The third-order valence-corrected chi connectivity index (χ3v) is 8.87. The van der Waals surface area contributed by atoms with Gasteiger partial charge in [-0.1, -0.05) is 23.4 Å². The summed E-state index contributed by atoms with van der Waals surface area (Å²) in [5.41, 5.74) is 1.53. The van der Waals surface area contributed by atoms with Gasteiger partial charge in [-0.3, -0.25) is 4.79 Å². The average molecular weight is 523 g/mol. The summed E-state index contributed by atoms with van der Waals surface area (Å²) in [6.45, 7) is 2.34. The van der Waals surface area contributed by atoms with E-state index in [0.29, 0.717) is 43.2 Å². The lowest BCUT2D eigenvalue weighted by Crippen LogP contribution is -2.43. The number of carbonyl (C=O) groups excluding carboxylic acids is 1. The van der Waals surface area contributed by atoms with E-state index in [9.17, 15) is 13.2 Å². The van der Waals surface area contributed by atoms with Crippen LogP contribution in [-0.2, 0) is 14.8 Å². The molecule has 2 aliphatic rings. The highest BCUT2D eigenvalue weighted by Gasteiger charge is 2.34. The minimum absolute atomic E-state index is 0.0867. The molecular weight excluding hydrogens is 492 g/mol. The highest BCUT2D eigenvalue weighted by atomic mass is 32.2. The van der Waals surface area contributed by atoms with Crippen molar-refractivity contribution in [2.24, 2.45) is 5.92 Å². The van der Waals surface area contributed by atoms with Gasteiger partial charge in [0.2, 0.25) is 21.8 Å². The van der Waals surface area contributed by atoms with Crippen LogP contribution in [0.2, 0.25) is 0 Å². The third-order valence-electron chi connectivity index (χ3n) is 6.96. The molecule has 0 saturated carbocycles. The second-order valence-electron chi connectivity index (χ2n) is 9.27. The first-order valence-electron chi connectivity index (χ1n) is 12.5. The largest absolute Gasteiger partial charge is 0.496 e. The molecule has 0 bridgehead atoms. The molecule has 2 saturated heterocycles. The molecule has 5 rings (SSSR count). The molecule has 0 atom stereocenters. The molecule has 194 valence electrons. The van der Waals surface area contributed by atoms with Crippen molar-refractivity contribution in [2.45, 2.75) is 30.6 Å². The number of para-hydroxylation sites is 1. The summed E-state index contributed by atoms with van der Waals surface area (Å²) < 4.78 is 38.6. The van der Waals surface area contributed by atoms with Gasteiger partial charge in [0.25, 0.3) is 5.89 Å². The molecule has 0 unspecified atom stereocenters. The molecule has 3 aromatic rings. The van der Waals surface area contributed by atoms with Gasteiger partial charge in [-0.2, -0.15) is 9.29 Å². The molecule has 2 aliphatic heterocycles. The molecule has 9 nitrogen and oxygen atoms in total. The molecular formula is C27H30N4O5S. The number of hydrogen-bond donors (Lipinski definition) is 0. The summed E-state index contributed by atoms with van der Waals surface area (Å²) in [6.07, 6.45) is 6.75. The minimum atomic E-state index is -3.65.